The molecule has 0 saturated heterocycles. The molecular formula is C25H19F2N3O2S. The number of carbonyl (C=O) groups excluding carboxylic acids is 1. The first kappa shape index (κ1) is 22.2. The predicted molar refractivity (Wildman–Crippen MR) is 124 cm³/mol. The van der Waals surface area contributed by atoms with Gasteiger partial charge in [0.2, 0.25) is 0 Å². The summed E-state index contributed by atoms with van der Waals surface area (Å²) in [5.41, 5.74) is 8.48. The Morgan fingerprint density at radius 3 is 2.15 bits per heavy atom. The predicted octanol–water partition coefficient (Wildman–Crippen LogP) is 5.93. The number of benzene rings is 4. The molecule has 0 spiro atoms. The van der Waals surface area contributed by atoms with Gasteiger partial charge in [-0.3, -0.25) is 4.79 Å². The summed E-state index contributed by atoms with van der Waals surface area (Å²) in [5.74, 6) is -1.54. The van der Waals surface area contributed by atoms with Crippen molar-refractivity contribution in [3.8, 4) is 11.1 Å². The van der Waals surface area contributed by atoms with E-state index in [4.69, 9.17) is 10.5 Å². The second-order valence-electron chi connectivity index (χ2n) is 7.27. The monoisotopic (exact) mass is 463 g/mol. The van der Waals surface area contributed by atoms with Crippen molar-refractivity contribution in [1.29, 1.82) is 4.78 Å². The fraction of sp³-hybridized carbons (Fsp3) is 0. The number of anilines is 2. The largest absolute Gasteiger partial charge is 0.397 e. The minimum atomic E-state index is -3.57. The van der Waals surface area contributed by atoms with E-state index in [1.807, 2.05) is 0 Å². The summed E-state index contributed by atoms with van der Waals surface area (Å²) in [7, 11) is -3.57. The van der Waals surface area contributed by atoms with Crippen molar-refractivity contribution >= 4 is 27.0 Å². The Hall–Kier alpha value is -4.04. The molecule has 0 aliphatic carbocycles. The maximum absolute atomic E-state index is 14.0. The summed E-state index contributed by atoms with van der Waals surface area (Å²) in [6.07, 6.45) is 0. The number of nitrogens with one attached hydrogen (secondary N) is 2. The van der Waals surface area contributed by atoms with Crippen molar-refractivity contribution in [2.24, 2.45) is 0 Å². The van der Waals surface area contributed by atoms with Crippen LogP contribution in [0.3, 0.4) is 0 Å². The van der Waals surface area contributed by atoms with Gasteiger partial charge < -0.3 is 11.1 Å². The fourth-order valence-electron chi connectivity index (χ4n) is 3.28. The SMILES string of the molecule is N=S(=O)(c1ccc(C(=O)Nc2cc(-c3ccc(F)cc3)ccc2N)cc1)c1ccccc1F. The van der Waals surface area contributed by atoms with Crippen LogP contribution in [0.4, 0.5) is 20.2 Å². The highest BCUT2D eigenvalue weighted by molar-refractivity contribution is 7.92. The summed E-state index contributed by atoms with van der Waals surface area (Å²) < 4.78 is 48.3. The number of carbonyl (C=O) groups is 1. The molecule has 166 valence electrons. The van der Waals surface area contributed by atoms with E-state index in [1.165, 1.54) is 54.6 Å². The highest BCUT2D eigenvalue weighted by Gasteiger charge is 2.18. The summed E-state index contributed by atoms with van der Waals surface area (Å²) in [6.45, 7) is 0. The van der Waals surface area contributed by atoms with Gasteiger partial charge in [0.1, 0.15) is 21.4 Å². The van der Waals surface area contributed by atoms with Crippen molar-refractivity contribution in [3.63, 3.8) is 0 Å². The topological polar surface area (TPSA) is 96.0 Å². The Kier molecular flexibility index (Phi) is 5.93. The molecule has 0 aliphatic rings. The van der Waals surface area contributed by atoms with E-state index >= 15 is 0 Å². The number of rotatable bonds is 5. The molecule has 8 heteroatoms. The Bertz CT molecular complexity index is 1440. The molecule has 0 saturated carbocycles. The van der Waals surface area contributed by atoms with Gasteiger partial charge >= 0.3 is 0 Å². The molecule has 0 radical (unpaired) electrons. The minimum absolute atomic E-state index is 0.0852. The van der Waals surface area contributed by atoms with Gasteiger partial charge in [-0.2, -0.15) is 0 Å². The third kappa shape index (κ3) is 4.61. The van der Waals surface area contributed by atoms with Gasteiger partial charge in [-0.15, -0.1) is 0 Å². The van der Waals surface area contributed by atoms with Crippen LogP contribution in [-0.4, -0.2) is 10.1 Å². The van der Waals surface area contributed by atoms with Gasteiger partial charge in [0.15, 0.2) is 0 Å². The molecule has 4 rings (SSSR count). The van der Waals surface area contributed by atoms with Crippen LogP contribution in [-0.2, 0) is 9.73 Å². The Labute approximate surface area is 189 Å². The lowest BCUT2D eigenvalue weighted by molar-refractivity contribution is 0.102. The Morgan fingerprint density at radius 1 is 0.848 bits per heavy atom. The number of nitrogen functional groups attached to an aromatic ring is 1. The van der Waals surface area contributed by atoms with Crippen LogP contribution in [0.1, 0.15) is 10.4 Å². The van der Waals surface area contributed by atoms with E-state index in [0.717, 1.165) is 17.2 Å². The Morgan fingerprint density at radius 2 is 1.48 bits per heavy atom. The van der Waals surface area contributed by atoms with Crippen LogP contribution < -0.4 is 11.1 Å². The van der Waals surface area contributed by atoms with Crippen LogP contribution in [0, 0.1) is 16.4 Å². The second kappa shape index (κ2) is 8.84. The molecule has 1 unspecified atom stereocenters. The molecule has 0 aliphatic heterocycles. The number of amides is 1. The first-order valence-electron chi connectivity index (χ1n) is 9.86. The molecule has 0 aromatic heterocycles. The van der Waals surface area contributed by atoms with Gasteiger partial charge in [0.25, 0.3) is 5.91 Å². The van der Waals surface area contributed by atoms with Crippen LogP contribution in [0.25, 0.3) is 11.1 Å². The zero-order valence-corrected chi connectivity index (χ0v) is 18.0. The molecule has 4 aromatic carbocycles. The molecule has 0 bridgehead atoms. The van der Waals surface area contributed by atoms with E-state index < -0.39 is 21.5 Å². The third-order valence-corrected chi connectivity index (χ3v) is 6.96. The van der Waals surface area contributed by atoms with Gasteiger partial charge in [-0.1, -0.05) is 30.3 Å². The van der Waals surface area contributed by atoms with Crippen molar-refractivity contribution in [2.75, 3.05) is 11.1 Å². The van der Waals surface area contributed by atoms with Gasteiger partial charge in [0, 0.05) is 5.56 Å². The Balaban J connectivity index is 1.57. The molecule has 1 atom stereocenters. The normalized spacial score (nSPS) is 12.7. The second-order valence-corrected chi connectivity index (χ2v) is 9.30. The average molecular weight is 464 g/mol. The number of halogens is 2. The zero-order chi connectivity index (χ0) is 23.6. The lowest BCUT2D eigenvalue weighted by Gasteiger charge is -2.12. The molecule has 5 nitrogen and oxygen atoms in total. The lowest BCUT2D eigenvalue weighted by atomic mass is 10.0. The van der Waals surface area contributed by atoms with Crippen LogP contribution in [0.5, 0.6) is 0 Å². The molecule has 4 N–H and O–H groups in total. The summed E-state index contributed by atoms with van der Waals surface area (Å²) in [6, 6.07) is 22.0. The van der Waals surface area contributed by atoms with Crippen molar-refractivity contribution in [2.45, 2.75) is 9.79 Å². The van der Waals surface area contributed by atoms with Gasteiger partial charge in [-0.05, 0) is 71.8 Å². The average Bonchev–Trinajstić information content (AvgIpc) is 2.81. The molecular weight excluding hydrogens is 444 g/mol. The molecule has 0 heterocycles. The van der Waals surface area contributed by atoms with Crippen molar-refractivity contribution < 1.29 is 17.8 Å². The summed E-state index contributed by atoms with van der Waals surface area (Å²) in [4.78, 5) is 12.6. The van der Waals surface area contributed by atoms with Gasteiger partial charge in [-0.25, -0.2) is 17.8 Å². The van der Waals surface area contributed by atoms with E-state index in [-0.39, 0.29) is 21.2 Å². The van der Waals surface area contributed by atoms with Crippen molar-refractivity contribution in [1.82, 2.24) is 0 Å². The molecule has 0 fully saturated rings. The zero-order valence-electron chi connectivity index (χ0n) is 17.2. The molecule has 1 amide bonds. The van der Waals surface area contributed by atoms with E-state index in [9.17, 15) is 17.8 Å². The van der Waals surface area contributed by atoms with E-state index in [2.05, 4.69) is 5.32 Å². The number of hydrogen-bond acceptors (Lipinski definition) is 4. The lowest BCUT2D eigenvalue weighted by Crippen LogP contribution is -2.13. The van der Waals surface area contributed by atoms with Gasteiger partial charge in [0.05, 0.1) is 21.2 Å². The third-order valence-electron chi connectivity index (χ3n) is 5.07. The van der Waals surface area contributed by atoms with Crippen LogP contribution in [0.2, 0.25) is 0 Å². The first-order chi connectivity index (χ1) is 15.8. The van der Waals surface area contributed by atoms with Crippen molar-refractivity contribution in [3.05, 3.63) is 108 Å². The number of nitrogens with two attached hydrogens (primary N) is 1. The molecule has 4 aromatic rings. The standard InChI is InChI=1S/C25H19F2N3O2S/c26-19-10-5-16(6-11-19)18-9-14-22(28)23(15-18)30-25(31)17-7-12-20(13-8-17)33(29,32)24-4-2-1-3-21(24)27/h1-15,29H,28H2,(H,30,31). The minimum Gasteiger partial charge on any atom is -0.397 e. The quantitative estimate of drug-likeness (QED) is 0.320. The first-order valence-corrected chi connectivity index (χ1v) is 11.4. The fourth-order valence-corrected chi connectivity index (χ4v) is 4.67. The van der Waals surface area contributed by atoms with Crippen LogP contribution in [0.15, 0.2) is 101 Å². The summed E-state index contributed by atoms with van der Waals surface area (Å²) in [5, 5.41) is 2.73. The van der Waals surface area contributed by atoms with E-state index in [0.29, 0.717) is 11.4 Å². The van der Waals surface area contributed by atoms with E-state index in [1.54, 1.807) is 30.3 Å². The van der Waals surface area contributed by atoms with Crippen LogP contribution >= 0.6 is 0 Å². The number of hydrogen-bond donors (Lipinski definition) is 3. The smallest absolute Gasteiger partial charge is 0.255 e. The summed E-state index contributed by atoms with van der Waals surface area (Å²) >= 11 is 0. The highest BCUT2D eigenvalue weighted by Crippen LogP contribution is 2.28. The highest BCUT2D eigenvalue weighted by atomic mass is 32.2. The maximum atomic E-state index is 14.0. The maximum Gasteiger partial charge on any atom is 0.255 e. The molecule has 33 heavy (non-hydrogen) atoms.